The molecule has 0 amide bonds. The van der Waals surface area contributed by atoms with Crippen molar-refractivity contribution in [3.05, 3.63) is 23.8 Å². The second kappa shape index (κ2) is 5.73. The number of nitrogens with one attached hydrogen (secondary N) is 1. The Morgan fingerprint density at radius 1 is 1.32 bits per heavy atom. The number of anilines is 1. The van der Waals surface area contributed by atoms with Crippen LogP contribution in [0.4, 0.5) is 5.69 Å². The number of hydrogen-bond acceptors (Lipinski definition) is 4. The highest BCUT2D eigenvalue weighted by Gasteiger charge is 2.30. The number of benzene rings is 1. The molecular weight excluding hydrogens is 280 g/mol. The molecule has 0 aromatic heterocycles. The molecule has 0 heterocycles. The van der Waals surface area contributed by atoms with Crippen molar-refractivity contribution >= 4 is 27.5 Å². The molecule has 1 saturated carbocycles. The largest absolute Gasteiger partial charge is 0.399 e. The van der Waals surface area contributed by atoms with E-state index in [2.05, 4.69) is 4.72 Å². The van der Waals surface area contributed by atoms with Crippen molar-refractivity contribution in [2.24, 2.45) is 0 Å². The Hall–Kier alpha value is -0.720. The van der Waals surface area contributed by atoms with Gasteiger partial charge in [0.1, 0.15) is 0 Å². The Morgan fingerprint density at radius 3 is 2.68 bits per heavy atom. The molecule has 0 aliphatic heterocycles. The van der Waals surface area contributed by atoms with Crippen LogP contribution in [0.1, 0.15) is 24.8 Å². The molecule has 0 bridgehead atoms. The third-order valence-electron chi connectivity index (χ3n) is 3.45. The van der Waals surface area contributed by atoms with E-state index >= 15 is 0 Å². The van der Waals surface area contributed by atoms with Gasteiger partial charge in [0.2, 0.25) is 10.0 Å². The molecule has 1 fully saturated rings. The van der Waals surface area contributed by atoms with Crippen molar-refractivity contribution in [1.82, 2.24) is 4.72 Å². The second-order valence-corrected chi connectivity index (χ2v) is 7.80. The molecule has 4 nitrogen and oxygen atoms in total. The minimum absolute atomic E-state index is 0.0294. The van der Waals surface area contributed by atoms with Crippen molar-refractivity contribution < 1.29 is 8.42 Å². The fraction of sp³-hybridized carbons (Fsp3) is 0.538. The maximum absolute atomic E-state index is 12.4. The highest BCUT2D eigenvalue weighted by Crippen LogP contribution is 2.29. The summed E-state index contributed by atoms with van der Waals surface area (Å²) in [5, 5.41) is 0.372. The summed E-state index contributed by atoms with van der Waals surface area (Å²) >= 11 is 1.73. The van der Waals surface area contributed by atoms with E-state index < -0.39 is 10.0 Å². The van der Waals surface area contributed by atoms with Gasteiger partial charge in [-0.25, -0.2) is 13.1 Å². The number of hydrogen-bond donors (Lipinski definition) is 2. The van der Waals surface area contributed by atoms with Crippen LogP contribution >= 0.6 is 11.8 Å². The van der Waals surface area contributed by atoms with E-state index in [9.17, 15) is 8.42 Å². The van der Waals surface area contributed by atoms with E-state index in [1.165, 1.54) is 6.07 Å². The summed E-state index contributed by atoms with van der Waals surface area (Å²) in [5.41, 5.74) is 7.06. The molecule has 1 aliphatic rings. The summed E-state index contributed by atoms with van der Waals surface area (Å²) in [4.78, 5) is 0.261. The molecule has 2 atom stereocenters. The van der Waals surface area contributed by atoms with Gasteiger partial charge in [-0.2, -0.15) is 11.8 Å². The zero-order valence-electron chi connectivity index (χ0n) is 11.2. The molecular formula is C13H20N2O2S2. The van der Waals surface area contributed by atoms with Gasteiger partial charge in [0.25, 0.3) is 0 Å². The molecule has 6 heteroatoms. The van der Waals surface area contributed by atoms with Crippen molar-refractivity contribution in [2.75, 3.05) is 12.0 Å². The van der Waals surface area contributed by atoms with Crippen LogP contribution in [0.5, 0.6) is 0 Å². The lowest BCUT2D eigenvalue weighted by Crippen LogP contribution is -2.38. The van der Waals surface area contributed by atoms with Gasteiger partial charge in [0.05, 0.1) is 4.90 Å². The van der Waals surface area contributed by atoms with Gasteiger partial charge in [-0.3, -0.25) is 0 Å². The molecule has 0 saturated heterocycles. The third kappa shape index (κ3) is 3.43. The first-order valence-corrected chi connectivity index (χ1v) is 9.12. The molecule has 2 unspecified atom stereocenters. The Kier molecular flexibility index (Phi) is 4.43. The van der Waals surface area contributed by atoms with Crippen LogP contribution in [0.3, 0.4) is 0 Å². The number of thioether (sulfide) groups is 1. The Morgan fingerprint density at radius 2 is 2.05 bits per heavy atom. The van der Waals surface area contributed by atoms with Gasteiger partial charge >= 0.3 is 0 Å². The number of aryl methyl sites for hydroxylation is 1. The molecule has 2 rings (SSSR count). The predicted octanol–water partition coefficient (Wildman–Crippen LogP) is 2.14. The van der Waals surface area contributed by atoms with Gasteiger partial charge in [0.15, 0.2) is 0 Å². The fourth-order valence-corrected chi connectivity index (χ4v) is 5.01. The predicted molar refractivity (Wildman–Crippen MR) is 80.9 cm³/mol. The van der Waals surface area contributed by atoms with Gasteiger partial charge < -0.3 is 5.73 Å². The van der Waals surface area contributed by atoms with E-state index in [-0.39, 0.29) is 10.9 Å². The number of nitrogen functional groups attached to an aromatic ring is 1. The van der Waals surface area contributed by atoms with Crippen LogP contribution in [-0.2, 0) is 10.0 Å². The molecule has 0 radical (unpaired) electrons. The SMILES string of the molecule is CSC1CCCC1NS(=O)(=O)c1cc(C)cc(N)c1. The van der Waals surface area contributed by atoms with Crippen molar-refractivity contribution in [1.29, 1.82) is 0 Å². The zero-order valence-corrected chi connectivity index (χ0v) is 12.9. The minimum atomic E-state index is -3.48. The van der Waals surface area contributed by atoms with Gasteiger partial charge in [-0.15, -0.1) is 0 Å². The summed E-state index contributed by atoms with van der Waals surface area (Å²) in [6.45, 7) is 1.84. The first kappa shape index (κ1) is 14.7. The average molecular weight is 300 g/mol. The van der Waals surface area contributed by atoms with Crippen LogP contribution in [0.15, 0.2) is 23.1 Å². The minimum Gasteiger partial charge on any atom is -0.399 e. The normalized spacial score (nSPS) is 23.7. The number of nitrogens with two attached hydrogens (primary N) is 1. The Balaban J connectivity index is 2.22. The molecule has 106 valence electrons. The Labute approximate surface area is 119 Å². The first-order valence-electron chi connectivity index (χ1n) is 6.34. The molecule has 1 aliphatic carbocycles. The second-order valence-electron chi connectivity index (χ2n) is 5.01. The number of rotatable bonds is 4. The van der Waals surface area contributed by atoms with Crippen LogP contribution in [-0.4, -0.2) is 26.0 Å². The lowest BCUT2D eigenvalue weighted by Gasteiger charge is -2.19. The molecule has 3 N–H and O–H groups in total. The van der Waals surface area contributed by atoms with Gasteiger partial charge in [-0.1, -0.05) is 6.42 Å². The fourth-order valence-electron chi connectivity index (χ4n) is 2.54. The third-order valence-corrected chi connectivity index (χ3v) is 6.08. The quantitative estimate of drug-likeness (QED) is 0.836. The number of sulfonamides is 1. The first-order chi connectivity index (χ1) is 8.92. The molecule has 0 spiro atoms. The topological polar surface area (TPSA) is 72.2 Å². The summed E-state index contributed by atoms with van der Waals surface area (Å²) in [7, 11) is -3.48. The molecule has 19 heavy (non-hydrogen) atoms. The lowest BCUT2D eigenvalue weighted by atomic mass is 10.2. The maximum atomic E-state index is 12.4. The summed E-state index contributed by atoms with van der Waals surface area (Å²) < 4.78 is 27.6. The molecule has 1 aromatic carbocycles. The average Bonchev–Trinajstić information content (AvgIpc) is 2.74. The lowest BCUT2D eigenvalue weighted by molar-refractivity contribution is 0.555. The van der Waals surface area contributed by atoms with Crippen LogP contribution in [0, 0.1) is 6.92 Å². The highest BCUT2D eigenvalue weighted by molar-refractivity contribution is 7.99. The van der Waals surface area contributed by atoms with E-state index in [0.29, 0.717) is 10.9 Å². The smallest absolute Gasteiger partial charge is 0.240 e. The maximum Gasteiger partial charge on any atom is 0.240 e. The monoisotopic (exact) mass is 300 g/mol. The molecule has 1 aromatic rings. The van der Waals surface area contributed by atoms with E-state index in [4.69, 9.17) is 5.73 Å². The van der Waals surface area contributed by atoms with Crippen molar-refractivity contribution in [2.45, 2.75) is 42.4 Å². The summed E-state index contributed by atoms with van der Waals surface area (Å²) in [5.74, 6) is 0. The highest BCUT2D eigenvalue weighted by atomic mass is 32.2. The van der Waals surface area contributed by atoms with Crippen molar-refractivity contribution in [3.63, 3.8) is 0 Å². The summed E-state index contributed by atoms with van der Waals surface area (Å²) in [6.07, 6.45) is 5.09. The van der Waals surface area contributed by atoms with E-state index in [0.717, 1.165) is 24.8 Å². The van der Waals surface area contributed by atoms with E-state index in [1.54, 1.807) is 23.9 Å². The van der Waals surface area contributed by atoms with Gasteiger partial charge in [-0.05, 0) is 49.8 Å². The Bertz CT molecular complexity index is 538. The zero-order chi connectivity index (χ0) is 14.0. The summed E-state index contributed by atoms with van der Waals surface area (Å²) in [6, 6.07) is 4.96. The van der Waals surface area contributed by atoms with Gasteiger partial charge in [0, 0.05) is 17.0 Å². The van der Waals surface area contributed by atoms with Crippen LogP contribution in [0.2, 0.25) is 0 Å². The van der Waals surface area contributed by atoms with Crippen LogP contribution < -0.4 is 10.5 Å². The van der Waals surface area contributed by atoms with E-state index in [1.807, 2.05) is 13.2 Å². The standard InChI is InChI=1S/C13H20N2O2S2/c1-9-6-10(14)8-11(7-9)19(16,17)15-12-4-3-5-13(12)18-2/h6-8,12-13,15H,3-5,14H2,1-2H3. The van der Waals surface area contributed by atoms with Crippen molar-refractivity contribution in [3.8, 4) is 0 Å². The van der Waals surface area contributed by atoms with Crippen LogP contribution in [0.25, 0.3) is 0 Å².